The second-order valence-corrected chi connectivity index (χ2v) is 9.13. The number of carbonyl (C=O) groups is 2. The zero-order chi connectivity index (χ0) is 19.8. The van der Waals surface area contributed by atoms with E-state index in [-0.39, 0.29) is 23.5 Å². The standard InChI is InChI=1S/C19H33N5O2S/c1-13(2)12-24-17(11-10-16(20)25)22-23-19(24)27-14(3)18(26)21-15-8-6-4-5-7-9-15/h13-15H,4-12H2,1-3H3,(H2,20,25)(H,21,26)/t14-/m0/s1. The number of nitrogens with one attached hydrogen (secondary N) is 1. The first-order valence-corrected chi connectivity index (χ1v) is 10.9. The minimum absolute atomic E-state index is 0.0599. The van der Waals surface area contributed by atoms with Gasteiger partial charge in [0.2, 0.25) is 11.8 Å². The Morgan fingerprint density at radius 1 is 1.19 bits per heavy atom. The van der Waals surface area contributed by atoms with Crippen LogP contribution in [0.15, 0.2) is 5.16 Å². The summed E-state index contributed by atoms with van der Waals surface area (Å²) >= 11 is 1.43. The van der Waals surface area contributed by atoms with Crippen molar-refractivity contribution >= 4 is 23.6 Å². The van der Waals surface area contributed by atoms with E-state index in [9.17, 15) is 9.59 Å². The van der Waals surface area contributed by atoms with Gasteiger partial charge in [0.15, 0.2) is 5.16 Å². The topological polar surface area (TPSA) is 103 Å². The second kappa shape index (κ2) is 10.7. The normalized spacial score (nSPS) is 16.9. The molecule has 1 fully saturated rings. The first-order valence-electron chi connectivity index (χ1n) is 10.0. The molecule has 0 unspecified atom stereocenters. The second-order valence-electron chi connectivity index (χ2n) is 7.83. The van der Waals surface area contributed by atoms with Crippen LogP contribution in [-0.2, 0) is 22.6 Å². The number of aromatic nitrogens is 3. The fourth-order valence-corrected chi connectivity index (χ4v) is 4.21. The summed E-state index contributed by atoms with van der Waals surface area (Å²) in [5.41, 5.74) is 5.26. The van der Waals surface area contributed by atoms with E-state index in [1.807, 2.05) is 11.5 Å². The highest BCUT2D eigenvalue weighted by Gasteiger charge is 2.23. The van der Waals surface area contributed by atoms with Crippen molar-refractivity contribution in [3.8, 4) is 0 Å². The average molecular weight is 396 g/mol. The van der Waals surface area contributed by atoms with E-state index in [2.05, 4.69) is 29.4 Å². The van der Waals surface area contributed by atoms with Crippen molar-refractivity contribution in [3.63, 3.8) is 0 Å². The third-order valence-electron chi connectivity index (χ3n) is 4.79. The van der Waals surface area contributed by atoms with Crippen molar-refractivity contribution in [2.75, 3.05) is 0 Å². The minimum Gasteiger partial charge on any atom is -0.370 e. The fraction of sp³-hybridized carbons (Fsp3) is 0.789. The number of nitrogens with two attached hydrogens (primary N) is 1. The van der Waals surface area contributed by atoms with Gasteiger partial charge in [-0.05, 0) is 25.7 Å². The molecule has 3 N–H and O–H groups in total. The number of hydrogen-bond acceptors (Lipinski definition) is 5. The van der Waals surface area contributed by atoms with Crippen LogP contribution in [0.3, 0.4) is 0 Å². The van der Waals surface area contributed by atoms with E-state index in [1.165, 1.54) is 37.4 Å². The Hall–Kier alpha value is -1.57. The zero-order valence-electron chi connectivity index (χ0n) is 16.7. The molecule has 0 bridgehead atoms. The van der Waals surface area contributed by atoms with Crippen LogP contribution >= 0.6 is 11.8 Å². The van der Waals surface area contributed by atoms with Crippen LogP contribution in [0.4, 0.5) is 0 Å². The molecular weight excluding hydrogens is 362 g/mol. The van der Waals surface area contributed by atoms with Crippen molar-refractivity contribution < 1.29 is 9.59 Å². The Kier molecular flexibility index (Phi) is 8.60. The van der Waals surface area contributed by atoms with Gasteiger partial charge in [0.1, 0.15) is 5.82 Å². The molecule has 1 heterocycles. The molecule has 0 aromatic carbocycles. The Bertz CT molecular complexity index is 624. The number of amides is 2. The van der Waals surface area contributed by atoms with Crippen LogP contribution in [0.2, 0.25) is 0 Å². The SMILES string of the molecule is CC(C)Cn1c(CCC(N)=O)nnc1S[C@@H](C)C(=O)NC1CCCCCC1. The van der Waals surface area contributed by atoms with Crippen LogP contribution in [-0.4, -0.2) is 37.9 Å². The third-order valence-corrected chi connectivity index (χ3v) is 5.87. The summed E-state index contributed by atoms with van der Waals surface area (Å²) < 4.78 is 2.02. The molecule has 2 rings (SSSR count). The van der Waals surface area contributed by atoms with Crippen molar-refractivity contribution in [3.05, 3.63) is 5.82 Å². The molecule has 0 aliphatic heterocycles. The summed E-state index contributed by atoms with van der Waals surface area (Å²) in [6.07, 6.45) is 7.79. The van der Waals surface area contributed by atoms with E-state index >= 15 is 0 Å². The van der Waals surface area contributed by atoms with Crippen LogP contribution < -0.4 is 11.1 Å². The zero-order valence-corrected chi connectivity index (χ0v) is 17.6. The van der Waals surface area contributed by atoms with Gasteiger partial charge in [-0.15, -0.1) is 10.2 Å². The number of thioether (sulfide) groups is 1. The highest BCUT2D eigenvalue weighted by atomic mass is 32.2. The number of hydrogen-bond donors (Lipinski definition) is 2. The quantitative estimate of drug-likeness (QED) is 0.494. The molecule has 7 nitrogen and oxygen atoms in total. The van der Waals surface area contributed by atoms with Gasteiger partial charge in [-0.3, -0.25) is 9.59 Å². The summed E-state index contributed by atoms with van der Waals surface area (Å²) in [6.45, 7) is 6.90. The molecule has 1 aromatic heterocycles. The van der Waals surface area contributed by atoms with Gasteiger partial charge >= 0.3 is 0 Å². The first-order chi connectivity index (χ1) is 12.9. The lowest BCUT2D eigenvalue weighted by Gasteiger charge is -2.19. The van der Waals surface area contributed by atoms with Crippen LogP contribution in [0.1, 0.15) is 71.5 Å². The molecule has 0 saturated heterocycles. The molecule has 152 valence electrons. The Labute approximate surface area is 166 Å². The van der Waals surface area contributed by atoms with Crippen LogP contribution in [0.5, 0.6) is 0 Å². The summed E-state index contributed by atoms with van der Waals surface area (Å²) in [7, 11) is 0. The largest absolute Gasteiger partial charge is 0.370 e. The Morgan fingerprint density at radius 3 is 2.44 bits per heavy atom. The highest BCUT2D eigenvalue weighted by Crippen LogP contribution is 2.25. The number of nitrogens with zero attached hydrogens (tertiary/aromatic N) is 3. The van der Waals surface area contributed by atoms with Crippen molar-refractivity contribution in [2.45, 2.75) is 95.1 Å². The third kappa shape index (κ3) is 7.16. The van der Waals surface area contributed by atoms with Gasteiger partial charge in [-0.25, -0.2) is 0 Å². The molecule has 1 aliphatic carbocycles. The molecule has 0 spiro atoms. The molecular formula is C19H33N5O2S. The lowest BCUT2D eigenvalue weighted by molar-refractivity contribution is -0.121. The fourth-order valence-electron chi connectivity index (χ4n) is 3.33. The molecule has 1 atom stereocenters. The maximum atomic E-state index is 12.6. The van der Waals surface area contributed by atoms with E-state index in [1.54, 1.807) is 0 Å². The van der Waals surface area contributed by atoms with Crippen LogP contribution in [0.25, 0.3) is 0 Å². The van der Waals surface area contributed by atoms with Crippen LogP contribution in [0, 0.1) is 5.92 Å². The molecule has 0 radical (unpaired) electrons. The van der Waals surface area contributed by atoms with Gasteiger partial charge in [0, 0.05) is 25.4 Å². The minimum atomic E-state index is -0.348. The maximum Gasteiger partial charge on any atom is 0.233 e. The summed E-state index contributed by atoms with van der Waals surface area (Å²) in [5.74, 6) is 0.869. The van der Waals surface area contributed by atoms with E-state index in [4.69, 9.17) is 5.73 Å². The van der Waals surface area contributed by atoms with Crippen molar-refractivity contribution in [1.82, 2.24) is 20.1 Å². The number of aryl methyl sites for hydroxylation is 1. The molecule has 1 saturated carbocycles. The summed E-state index contributed by atoms with van der Waals surface area (Å²) in [6, 6.07) is 0.294. The van der Waals surface area contributed by atoms with Gasteiger partial charge < -0.3 is 15.6 Å². The maximum absolute atomic E-state index is 12.6. The smallest absolute Gasteiger partial charge is 0.233 e. The molecule has 1 aliphatic rings. The number of carbonyl (C=O) groups excluding carboxylic acids is 2. The van der Waals surface area contributed by atoms with Gasteiger partial charge in [-0.1, -0.05) is 51.3 Å². The summed E-state index contributed by atoms with van der Waals surface area (Å²) in [5, 5.41) is 12.2. The number of rotatable bonds is 9. The molecule has 2 amide bonds. The predicted octanol–water partition coefficient (Wildman–Crippen LogP) is 2.67. The molecule has 1 aromatic rings. The molecule has 27 heavy (non-hydrogen) atoms. The summed E-state index contributed by atoms with van der Waals surface area (Å²) in [4.78, 5) is 23.7. The van der Waals surface area contributed by atoms with E-state index < -0.39 is 0 Å². The van der Waals surface area contributed by atoms with Gasteiger partial charge in [-0.2, -0.15) is 0 Å². The van der Waals surface area contributed by atoms with Crippen molar-refractivity contribution in [1.29, 1.82) is 0 Å². The lowest BCUT2D eigenvalue weighted by atomic mass is 10.1. The molecule has 8 heteroatoms. The number of primary amides is 1. The van der Waals surface area contributed by atoms with Gasteiger partial charge in [0.25, 0.3) is 0 Å². The lowest BCUT2D eigenvalue weighted by Crippen LogP contribution is -2.39. The first kappa shape index (κ1) is 21.7. The van der Waals surface area contributed by atoms with Crippen molar-refractivity contribution in [2.24, 2.45) is 11.7 Å². The average Bonchev–Trinajstić information content (AvgIpc) is 2.80. The Morgan fingerprint density at radius 2 is 1.85 bits per heavy atom. The van der Waals surface area contributed by atoms with Gasteiger partial charge in [0.05, 0.1) is 5.25 Å². The highest BCUT2D eigenvalue weighted by molar-refractivity contribution is 8.00. The monoisotopic (exact) mass is 395 g/mol. The van der Waals surface area contributed by atoms with E-state index in [0.29, 0.717) is 18.4 Å². The predicted molar refractivity (Wildman–Crippen MR) is 107 cm³/mol. The Balaban J connectivity index is 2.01. The van der Waals surface area contributed by atoms with E-state index in [0.717, 1.165) is 30.4 Å².